The third-order valence-electron chi connectivity index (χ3n) is 5.73. The van der Waals surface area contributed by atoms with Crippen LogP contribution in [-0.2, 0) is 24.2 Å². The van der Waals surface area contributed by atoms with E-state index < -0.39 is 0 Å². The third-order valence-corrected chi connectivity index (χ3v) is 6.74. The molecule has 0 bridgehead atoms. The quantitative estimate of drug-likeness (QED) is 0.594. The van der Waals surface area contributed by atoms with E-state index in [1.165, 1.54) is 22.6 Å². The van der Waals surface area contributed by atoms with E-state index in [9.17, 15) is 4.39 Å². The van der Waals surface area contributed by atoms with Crippen molar-refractivity contribution in [3.63, 3.8) is 0 Å². The van der Waals surface area contributed by atoms with Gasteiger partial charge < -0.3 is 14.4 Å². The second-order valence-corrected chi connectivity index (χ2v) is 8.90. The molecule has 0 aliphatic carbocycles. The molecular weight excluding hydrogens is 415 g/mol. The van der Waals surface area contributed by atoms with Crippen molar-refractivity contribution in [2.45, 2.75) is 26.4 Å². The molecule has 5 rings (SSSR count). The largest absolute Gasteiger partial charge is 0.438 e. The second kappa shape index (κ2) is 8.90. The van der Waals surface area contributed by atoms with Crippen molar-refractivity contribution in [2.24, 2.45) is 0 Å². The second-order valence-electron chi connectivity index (χ2n) is 7.90. The Labute approximate surface area is 185 Å². The van der Waals surface area contributed by atoms with E-state index in [0.29, 0.717) is 37.3 Å². The van der Waals surface area contributed by atoms with Gasteiger partial charge in [0.2, 0.25) is 11.8 Å². The lowest BCUT2D eigenvalue weighted by molar-refractivity contribution is 0.122. The van der Waals surface area contributed by atoms with E-state index in [-0.39, 0.29) is 5.82 Å². The zero-order valence-electron chi connectivity index (χ0n) is 17.5. The molecule has 4 heterocycles. The van der Waals surface area contributed by atoms with Gasteiger partial charge in [-0.2, -0.15) is 4.98 Å². The van der Waals surface area contributed by atoms with E-state index in [2.05, 4.69) is 28.2 Å². The summed E-state index contributed by atoms with van der Waals surface area (Å²) < 4.78 is 25.3. The standard InChI is InChI=1S/C23H25FN4O2S/c1-16-6-12-31-21(16)15-27-7-5-20-19(14-27)22(30-18-4-2-3-17(24)13-18)26-23(25-20)28-8-10-29-11-9-28/h2-4,6,12-13H,5,7-11,14-15H2,1H3. The number of thiophene rings is 1. The van der Waals surface area contributed by atoms with Gasteiger partial charge in [0.15, 0.2) is 0 Å². The van der Waals surface area contributed by atoms with Crippen LogP contribution in [0.4, 0.5) is 10.3 Å². The number of hydrogen-bond donors (Lipinski definition) is 0. The lowest BCUT2D eigenvalue weighted by Crippen LogP contribution is -2.38. The number of aromatic nitrogens is 2. The molecule has 1 saturated heterocycles. The molecule has 8 heteroatoms. The van der Waals surface area contributed by atoms with Crippen LogP contribution < -0.4 is 9.64 Å². The van der Waals surface area contributed by atoms with Gasteiger partial charge >= 0.3 is 0 Å². The number of hydrogen-bond acceptors (Lipinski definition) is 7. The molecule has 2 aliphatic heterocycles. The van der Waals surface area contributed by atoms with Crippen molar-refractivity contribution < 1.29 is 13.9 Å². The average Bonchev–Trinajstić information content (AvgIpc) is 3.19. The fraction of sp³-hybridized carbons (Fsp3) is 0.391. The van der Waals surface area contributed by atoms with E-state index in [1.807, 2.05) is 0 Å². The first-order chi connectivity index (χ1) is 15.2. The van der Waals surface area contributed by atoms with Crippen LogP contribution in [0.3, 0.4) is 0 Å². The highest BCUT2D eigenvalue weighted by molar-refractivity contribution is 7.10. The fourth-order valence-electron chi connectivity index (χ4n) is 3.96. The lowest BCUT2D eigenvalue weighted by atomic mass is 10.1. The van der Waals surface area contributed by atoms with Gasteiger partial charge in [-0.3, -0.25) is 4.90 Å². The Morgan fingerprint density at radius 1 is 1.16 bits per heavy atom. The number of benzene rings is 1. The first kappa shape index (κ1) is 20.4. The molecule has 2 aromatic heterocycles. The van der Waals surface area contributed by atoms with Crippen LogP contribution in [0.1, 0.15) is 21.7 Å². The fourth-order valence-corrected chi connectivity index (χ4v) is 4.91. The Hall–Kier alpha value is -2.55. The third kappa shape index (κ3) is 4.56. The Morgan fingerprint density at radius 2 is 2.03 bits per heavy atom. The van der Waals surface area contributed by atoms with Crippen molar-refractivity contribution in [1.29, 1.82) is 0 Å². The molecule has 0 amide bonds. The molecule has 31 heavy (non-hydrogen) atoms. The first-order valence-electron chi connectivity index (χ1n) is 10.6. The van der Waals surface area contributed by atoms with Crippen LogP contribution >= 0.6 is 11.3 Å². The molecule has 0 atom stereocenters. The SMILES string of the molecule is Cc1ccsc1CN1CCc2nc(N3CCOCC3)nc(Oc3cccc(F)c3)c2C1. The predicted octanol–water partition coefficient (Wildman–Crippen LogP) is 4.17. The highest BCUT2D eigenvalue weighted by Gasteiger charge is 2.26. The predicted molar refractivity (Wildman–Crippen MR) is 118 cm³/mol. The van der Waals surface area contributed by atoms with Crippen molar-refractivity contribution in [3.8, 4) is 11.6 Å². The Bertz CT molecular complexity index is 1070. The Kier molecular flexibility index (Phi) is 5.85. The van der Waals surface area contributed by atoms with Crippen molar-refractivity contribution >= 4 is 17.3 Å². The maximum atomic E-state index is 13.7. The van der Waals surface area contributed by atoms with Crippen LogP contribution in [0.2, 0.25) is 0 Å². The number of anilines is 1. The van der Waals surface area contributed by atoms with Gasteiger partial charge in [-0.15, -0.1) is 11.3 Å². The topological polar surface area (TPSA) is 50.7 Å². The highest BCUT2D eigenvalue weighted by atomic mass is 32.1. The molecule has 0 N–H and O–H groups in total. The molecule has 1 aromatic carbocycles. The molecule has 3 aromatic rings. The Morgan fingerprint density at radius 3 is 2.81 bits per heavy atom. The smallest absolute Gasteiger partial charge is 0.229 e. The van der Waals surface area contributed by atoms with Gasteiger partial charge in [-0.1, -0.05) is 6.07 Å². The minimum absolute atomic E-state index is 0.330. The van der Waals surface area contributed by atoms with Crippen molar-refractivity contribution in [2.75, 3.05) is 37.7 Å². The summed E-state index contributed by atoms with van der Waals surface area (Å²) in [6.45, 7) is 7.52. The van der Waals surface area contributed by atoms with Crippen molar-refractivity contribution in [1.82, 2.24) is 14.9 Å². The molecule has 0 saturated carbocycles. The zero-order chi connectivity index (χ0) is 21.2. The van der Waals surface area contributed by atoms with Crippen LogP contribution in [0.15, 0.2) is 35.7 Å². The van der Waals surface area contributed by atoms with E-state index in [4.69, 9.17) is 19.4 Å². The molecule has 0 spiro atoms. The maximum Gasteiger partial charge on any atom is 0.229 e. The van der Waals surface area contributed by atoms with Gasteiger partial charge in [0.1, 0.15) is 11.6 Å². The van der Waals surface area contributed by atoms with Crippen LogP contribution in [0.25, 0.3) is 0 Å². The number of halogens is 1. The number of nitrogens with zero attached hydrogens (tertiary/aromatic N) is 4. The summed E-state index contributed by atoms with van der Waals surface area (Å²) in [5, 5.41) is 2.14. The van der Waals surface area contributed by atoms with Gasteiger partial charge in [-0.25, -0.2) is 9.37 Å². The first-order valence-corrected chi connectivity index (χ1v) is 11.4. The number of morpholine rings is 1. The number of aryl methyl sites for hydroxylation is 1. The molecule has 0 radical (unpaired) electrons. The Balaban J connectivity index is 1.46. The number of fused-ring (bicyclic) bond motifs is 1. The minimum Gasteiger partial charge on any atom is -0.438 e. The van der Waals surface area contributed by atoms with Crippen molar-refractivity contribution in [3.05, 3.63) is 63.2 Å². The summed E-state index contributed by atoms with van der Waals surface area (Å²) >= 11 is 1.79. The molecule has 2 aliphatic rings. The number of ether oxygens (including phenoxy) is 2. The highest BCUT2D eigenvalue weighted by Crippen LogP contribution is 2.33. The normalized spacial score (nSPS) is 16.9. The minimum atomic E-state index is -0.330. The average molecular weight is 441 g/mol. The molecule has 0 unspecified atom stereocenters. The van der Waals surface area contributed by atoms with Crippen LogP contribution in [0.5, 0.6) is 11.6 Å². The maximum absolute atomic E-state index is 13.7. The lowest BCUT2D eigenvalue weighted by Gasteiger charge is -2.31. The van der Waals surface area contributed by atoms with E-state index >= 15 is 0 Å². The zero-order valence-corrected chi connectivity index (χ0v) is 18.3. The monoisotopic (exact) mass is 440 g/mol. The molecular formula is C23H25FN4O2S. The summed E-state index contributed by atoms with van der Waals surface area (Å²) in [4.78, 5) is 15.6. The molecule has 1 fully saturated rings. The van der Waals surface area contributed by atoms with E-state index in [0.717, 1.165) is 43.9 Å². The number of rotatable bonds is 5. The summed E-state index contributed by atoms with van der Waals surface area (Å²) in [7, 11) is 0. The van der Waals surface area contributed by atoms with E-state index in [1.54, 1.807) is 23.5 Å². The van der Waals surface area contributed by atoms with Crippen LogP contribution in [-0.4, -0.2) is 47.7 Å². The van der Waals surface area contributed by atoms with Crippen LogP contribution in [0, 0.1) is 12.7 Å². The van der Waals surface area contributed by atoms with Gasteiger partial charge in [0, 0.05) is 50.1 Å². The summed E-state index contributed by atoms with van der Waals surface area (Å²) in [6.07, 6.45) is 0.832. The summed E-state index contributed by atoms with van der Waals surface area (Å²) in [6, 6.07) is 8.35. The van der Waals surface area contributed by atoms with Gasteiger partial charge in [0.25, 0.3) is 0 Å². The summed E-state index contributed by atoms with van der Waals surface area (Å²) in [5.74, 6) is 1.30. The molecule has 162 valence electrons. The van der Waals surface area contributed by atoms with Gasteiger partial charge in [-0.05, 0) is 36.1 Å². The van der Waals surface area contributed by atoms with Gasteiger partial charge in [0.05, 0.1) is 24.5 Å². The molecule has 6 nitrogen and oxygen atoms in total. The summed E-state index contributed by atoms with van der Waals surface area (Å²) in [5.41, 5.74) is 3.33.